The van der Waals surface area contributed by atoms with Crippen LogP contribution in [0.5, 0.6) is 17.2 Å². The minimum atomic E-state index is -0.197. The van der Waals surface area contributed by atoms with Gasteiger partial charge in [0.05, 0.1) is 26.2 Å². The van der Waals surface area contributed by atoms with Crippen molar-refractivity contribution in [3.63, 3.8) is 0 Å². The number of hydrogen-bond acceptors (Lipinski definition) is 4. The third kappa shape index (κ3) is 4.02. The molecule has 0 spiro atoms. The van der Waals surface area contributed by atoms with Crippen molar-refractivity contribution >= 4 is 5.91 Å². The quantitative estimate of drug-likeness (QED) is 0.776. The summed E-state index contributed by atoms with van der Waals surface area (Å²) in [5.41, 5.74) is 2.08. The predicted octanol–water partition coefficient (Wildman–Crippen LogP) is 3.86. The van der Waals surface area contributed by atoms with E-state index in [4.69, 9.17) is 14.2 Å². The van der Waals surface area contributed by atoms with E-state index in [1.807, 2.05) is 54.3 Å². The van der Waals surface area contributed by atoms with Gasteiger partial charge >= 0.3 is 0 Å². The first-order chi connectivity index (χ1) is 13.1. The highest BCUT2D eigenvalue weighted by Crippen LogP contribution is 2.33. The van der Waals surface area contributed by atoms with Crippen molar-refractivity contribution in [2.45, 2.75) is 26.3 Å². The van der Waals surface area contributed by atoms with Gasteiger partial charge in [0.2, 0.25) is 5.91 Å². The molecule has 2 aromatic rings. The number of benzene rings is 2. The number of fused-ring (bicyclic) bond motifs is 1. The Kier molecular flexibility index (Phi) is 5.89. The number of carbonyl (C=O) groups excluding carboxylic acids is 1. The zero-order valence-corrected chi connectivity index (χ0v) is 16.4. The van der Waals surface area contributed by atoms with Crippen LogP contribution in [-0.2, 0) is 11.2 Å². The van der Waals surface area contributed by atoms with Crippen LogP contribution in [0.1, 0.15) is 31.0 Å². The molecule has 0 bridgehead atoms. The Morgan fingerprint density at radius 1 is 1.19 bits per heavy atom. The molecule has 5 heteroatoms. The maximum Gasteiger partial charge on any atom is 0.229 e. The van der Waals surface area contributed by atoms with Gasteiger partial charge in [-0.2, -0.15) is 0 Å². The lowest BCUT2D eigenvalue weighted by atomic mass is 9.94. The zero-order chi connectivity index (χ0) is 19.4. The minimum absolute atomic E-state index is 0.0377. The summed E-state index contributed by atoms with van der Waals surface area (Å²) in [7, 11) is 3.29. The number of carbonyl (C=O) groups is 1. The Labute approximate surface area is 160 Å². The van der Waals surface area contributed by atoms with E-state index in [9.17, 15) is 4.79 Å². The molecule has 0 radical (unpaired) electrons. The van der Waals surface area contributed by atoms with Crippen molar-refractivity contribution in [1.29, 1.82) is 0 Å². The van der Waals surface area contributed by atoms with E-state index in [1.54, 1.807) is 14.2 Å². The van der Waals surface area contributed by atoms with Gasteiger partial charge in [0, 0.05) is 6.54 Å². The van der Waals surface area contributed by atoms with Gasteiger partial charge in [0.1, 0.15) is 23.9 Å². The highest BCUT2D eigenvalue weighted by molar-refractivity contribution is 5.80. The van der Waals surface area contributed by atoms with Gasteiger partial charge in [0.25, 0.3) is 0 Å². The third-order valence-corrected chi connectivity index (χ3v) is 5.19. The summed E-state index contributed by atoms with van der Waals surface area (Å²) in [6.07, 6.45) is 0.659. The summed E-state index contributed by atoms with van der Waals surface area (Å²) < 4.78 is 16.5. The van der Waals surface area contributed by atoms with Crippen molar-refractivity contribution in [1.82, 2.24) is 4.90 Å². The molecular formula is C22H27NO4. The summed E-state index contributed by atoms with van der Waals surface area (Å²) in [5, 5.41) is 0. The second-order valence-electron chi connectivity index (χ2n) is 6.76. The molecular weight excluding hydrogens is 342 g/mol. The largest absolute Gasteiger partial charge is 0.497 e. The standard InChI is InChI=1S/C22H27NO4/c1-5-23(15(2)16-7-6-8-19(12-16)25-3)22(24)18-11-17-13-20(26-4)9-10-21(17)27-14-18/h6-10,12-13,15,18H,5,11,14H2,1-4H3. The lowest BCUT2D eigenvalue weighted by molar-refractivity contribution is -0.139. The van der Waals surface area contributed by atoms with Crippen LogP contribution in [0.4, 0.5) is 0 Å². The second-order valence-corrected chi connectivity index (χ2v) is 6.76. The monoisotopic (exact) mass is 369 g/mol. The van der Waals surface area contributed by atoms with Gasteiger partial charge in [-0.05, 0) is 61.7 Å². The van der Waals surface area contributed by atoms with E-state index in [2.05, 4.69) is 6.92 Å². The molecule has 3 rings (SSSR count). The SMILES string of the molecule is CCN(C(=O)C1COc2ccc(OC)cc2C1)C(C)c1cccc(OC)c1. The molecule has 1 aliphatic heterocycles. The maximum absolute atomic E-state index is 13.2. The molecule has 0 N–H and O–H groups in total. The van der Waals surface area contributed by atoms with Crippen molar-refractivity contribution in [2.75, 3.05) is 27.4 Å². The second kappa shape index (κ2) is 8.33. The number of hydrogen-bond donors (Lipinski definition) is 0. The molecule has 0 saturated carbocycles. The zero-order valence-electron chi connectivity index (χ0n) is 16.4. The highest BCUT2D eigenvalue weighted by Gasteiger charge is 2.31. The van der Waals surface area contributed by atoms with Crippen molar-refractivity contribution in [3.05, 3.63) is 53.6 Å². The molecule has 5 nitrogen and oxygen atoms in total. The molecule has 1 aliphatic rings. The molecule has 1 amide bonds. The smallest absolute Gasteiger partial charge is 0.229 e. The topological polar surface area (TPSA) is 48.0 Å². The minimum Gasteiger partial charge on any atom is -0.497 e. The Balaban J connectivity index is 1.78. The van der Waals surface area contributed by atoms with Crippen molar-refractivity contribution < 1.29 is 19.0 Å². The normalized spacial score (nSPS) is 16.7. The fraction of sp³-hybridized carbons (Fsp3) is 0.409. The van der Waals surface area contributed by atoms with E-state index in [0.717, 1.165) is 28.4 Å². The van der Waals surface area contributed by atoms with Crippen LogP contribution in [0.15, 0.2) is 42.5 Å². The van der Waals surface area contributed by atoms with Crippen molar-refractivity contribution in [3.8, 4) is 17.2 Å². The first kappa shape index (κ1) is 19.1. The number of rotatable bonds is 6. The van der Waals surface area contributed by atoms with E-state index in [-0.39, 0.29) is 17.9 Å². The molecule has 0 aromatic heterocycles. The van der Waals surface area contributed by atoms with Crippen LogP contribution in [0.25, 0.3) is 0 Å². The van der Waals surface area contributed by atoms with Gasteiger partial charge in [-0.3, -0.25) is 4.79 Å². The fourth-order valence-electron chi connectivity index (χ4n) is 3.59. The van der Waals surface area contributed by atoms with Gasteiger partial charge in [0.15, 0.2) is 0 Å². The number of amides is 1. The summed E-state index contributed by atoms with van der Waals surface area (Å²) in [5.74, 6) is 2.33. The van der Waals surface area contributed by atoms with Crippen molar-refractivity contribution in [2.24, 2.45) is 5.92 Å². The predicted molar refractivity (Wildman–Crippen MR) is 104 cm³/mol. The van der Waals surface area contributed by atoms with E-state index >= 15 is 0 Å². The Morgan fingerprint density at radius 2 is 1.93 bits per heavy atom. The lowest BCUT2D eigenvalue weighted by Gasteiger charge is -2.34. The van der Waals surface area contributed by atoms with Crippen LogP contribution < -0.4 is 14.2 Å². The van der Waals surface area contributed by atoms with Gasteiger partial charge < -0.3 is 19.1 Å². The van der Waals surface area contributed by atoms with E-state index in [1.165, 1.54) is 0 Å². The summed E-state index contributed by atoms with van der Waals surface area (Å²) >= 11 is 0. The average molecular weight is 369 g/mol. The number of methoxy groups -OCH3 is 2. The van der Waals surface area contributed by atoms with Crippen LogP contribution in [0.3, 0.4) is 0 Å². The molecule has 2 atom stereocenters. The Morgan fingerprint density at radius 3 is 2.63 bits per heavy atom. The number of nitrogens with zero attached hydrogens (tertiary/aromatic N) is 1. The fourth-order valence-corrected chi connectivity index (χ4v) is 3.59. The molecule has 0 aliphatic carbocycles. The van der Waals surface area contributed by atoms with Gasteiger partial charge in [-0.15, -0.1) is 0 Å². The molecule has 0 fully saturated rings. The summed E-state index contributed by atoms with van der Waals surface area (Å²) in [6, 6.07) is 13.6. The average Bonchev–Trinajstić information content (AvgIpc) is 2.73. The summed E-state index contributed by atoms with van der Waals surface area (Å²) in [6.45, 7) is 5.10. The first-order valence-electron chi connectivity index (χ1n) is 9.31. The van der Waals surface area contributed by atoms with Gasteiger partial charge in [-0.25, -0.2) is 0 Å². The van der Waals surface area contributed by atoms with Gasteiger partial charge in [-0.1, -0.05) is 12.1 Å². The number of ether oxygens (including phenoxy) is 3. The first-order valence-corrected chi connectivity index (χ1v) is 9.31. The van der Waals surface area contributed by atoms with E-state index in [0.29, 0.717) is 19.6 Å². The van der Waals surface area contributed by atoms with Crippen LogP contribution in [0, 0.1) is 5.92 Å². The molecule has 2 aromatic carbocycles. The molecule has 27 heavy (non-hydrogen) atoms. The maximum atomic E-state index is 13.2. The van der Waals surface area contributed by atoms with Crippen LogP contribution in [-0.4, -0.2) is 38.2 Å². The lowest BCUT2D eigenvalue weighted by Crippen LogP contribution is -2.42. The molecule has 0 saturated heterocycles. The molecule has 1 heterocycles. The molecule has 2 unspecified atom stereocenters. The highest BCUT2D eigenvalue weighted by atomic mass is 16.5. The third-order valence-electron chi connectivity index (χ3n) is 5.19. The summed E-state index contributed by atoms with van der Waals surface area (Å²) in [4.78, 5) is 15.2. The van der Waals surface area contributed by atoms with E-state index < -0.39 is 0 Å². The Bertz CT molecular complexity index is 805. The van der Waals surface area contributed by atoms with Crippen LogP contribution in [0.2, 0.25) is 0 Å². The van der Waals surface area contributed by atoms with Crippen LogP contribution >= 0.6 is 0 Å². The Hall–Kier alpha value is -2.69. The molecule has 144 valence electrons.